The maximum absolute atomic E-state index is 13.5. The van der Waals surface area contributed by atoms with Gasteiger partial charge in [0.25, 0.3) is 0 Å². The van der Waals surface area contributed by atoms with E-state index in [0.717, 1.165) is 23.6 Å². The van der Waals surface area contributed by atoms with Crippen LogP contribution in [0.4, 0.5) is 0 Å². The van der Waals surface area contributed by atoms with E-state index in [2.05, 4.69) is 10.0 Å². The standard InChI is InChI=1S/C27H35N7O4S/c28-23-9-3-4-12-27(23,25(29)36)15-22(24(35)32-16-18-6-5-13-34(17-18)26(30)31)33-39(37,38)21-11-10-19-7-1-2-8-20(19)14-21/h1-4,7-12,14,18,22-23,33H,5-6,13,15-17,28H2,(H2,29,36)(H3,30,31)(H,32,35)/t18-,22?,23?,27+/m0/s1. The number of likely N-dealkylation sites (tertiary alicyclic amines) is 1. The molecule has 4 rings (SSSR count). The molecule has 0 bridgehead atoms. The molecule has 2 unspecified atom stereocenters. The summed E-state index contributed by atoms with van der Waals surface area (Å²) in [6, 6.07) is 9.84. The number of nitrogens with one attached hydrogen (secondary N) is 3. The number of carbonyl (C=O) groups excluding carboxylic acids is 2. The topological polar surface area (TPSA) is 197 Å². The summed E-state index contributed by atoms with van der Waals surface area (Å²) in [7, 11) is -4.18. The second-order valence-electron chi connectivity index (χ2n) is 10.1. The fourth-order valence-electron chi connectivity index (χ4n) is 5.18. The third-order valence-electron chi connectivity index (χ3n) is 7.49. The predicted octanol–water partition coefficient (Wildman–Crippen LogP) is 0.523. The molecular formula is C27H35N7O4S. The fourth-order valence-corrected chi connectivity index (χ4v) is 6.41. The van der Waals surface area contributed by atoms with E-state index >= 15 is 0 Å². The van der Waals surface area contributed by atoms with Crippen molar-refractivity contribution in [2.24, 2.45) is 28.5 Å². The Morgan fingerprint density at radius 2 is 1.87 bits per heavy atom. The number of nitrogens with zero attached hydrogens (tertiary/aromatic N) is 1. The summed E-state index contributed by atoms with van der Waals surface area (Å²) in [6.07, 6.45) is 7.76. The molecule has 0 radical (unpaired) electrons. The lowest BCUT2D eigenvalue weighted by molar-refractivity contribution is -0.128. The number of primary amides is 1. The van der Waals surface area contributed by atoms with Crippen molar-refractivity contribution in [2.45, 2.75) is 36.2 Å². The third-order valence-corrected chi connectivity index (χ3v) is 8.96. The van der Waals surface area contributed by atoms with Gasteiger partial charge in [-0.25, -0.2) is 8.42 Å². The van der Waals surface area contributed by atoms with Crippen LogP contribution in [0.5, 0.6) is 0 Å². The Morgan fingerprint density at radius 1 is 1.13 bits per heavy atom. The first kappa shape index (κ1) is 28.3. The summed E-state index contributed by atoms with van der Waals surface area (Å²) in [5.74, 6) is -1.37. The lowest BCUT2D eigenvalue weighted by atomic mass is 9.72. The Morgan fingerprint density at radius 3 is 2.56 bits per heavy atom. The molecular weight excluding hydrogens is 518 g/mol. The van der Waals surface area contributed by atoms with Gasteiger partial charge in [0.15, 0.2) is 5.96 Å². The molecule has 2 amide bonds. The number of sulfonamides is 1. The van der Waals surface area contributed by atoms with E-state index in [0.29, 0.717) is 13.1 Å². The molecule has 1 aliphatic heterocycles. The zero-order valence-corrected chi connectivity index (χ0v) is 22.4. The second-order valence-corrected chi connectivity index (χ2v) is 11.9. The number of carbonyl (C=O) groups is 2. The van der Waals surface area contributed by atoms with E-state index in [4.69, 9.17) is 22.6 Å². The first-order valence-corrected chi connectivity index (χ1v) is 14.3. The highest BCUT2D eigenvalue weighted by Crippen LogP contribution is 2.33. The van der Waals surface area contributed by atoms with E-state index in [1.165, 1.54) is 18.2 Å². The predicted molar refractivity (Wildman–Crippen MR) is 150 cm³/mol. The molecule has 9 N–H and O–H groups in total. The minimum atomic E-state index is -4.18. The first-order valence-electron chi connectivity index (χ1n) is 12.8. The van der Waals surface area contributed by atoms with E-state index < -0.39 is 39.3 Å². The van der Waals surface area contributed by atoms with Gasteiger partial charge in [0.1, 0.15) is 6.04 Å². The van der Waals surface area contributed by atoms with Crippen molar-refractivity contribution in [3.05, 3.63) is 66.8 Å². The second kappa shape index (κ2) is 11.6. The zero-order chi connectivity index (χ0) is 28.2. The lowest BCUT2D eigenvalue weighted by Crippen LogP contribution is -2.57. The minimum absolute atomic E-state index is 0.0140. The summed E-state index contributed by atoms with van der Waals surface area (Å²) >= 11 is 0. The lowest BCUT2D eigenvalue weighted by Gasteiger charge is -2.36. The van der Waals surface area contributed by atoms with Gasteiger partial charge in [0.05, 0.1) is 10.3 Å². The molecule has 4 atom stereocenters. The molecule has 2 aromatic carbocycles. The monoisotopic (exact) mass is 553 g/mol. The van der Waals surface area contributed by atoms with E-state index in [1.54, 1.807) is 35.3 Å². The molecule has 39 heavy (non-hydrogen) atoms. The number of piperidine rings is 1. The Labute approximate surface area is 228 Å². The third kappa shape index (κ3) is 6.29. The molecule has 1 fully saturated rings. The van der Waals surface area contributed by atoms with Gasteiger partial charge < -0.3 is 27.4 Å². The van der Waals surface area contributed by atoms with Crippen LogP contribution < -0.4 is 27.2 Å². The number of fused-ring (bicyclic) bond motifs is 1. The molecule has 1 heterocycles. The van der Waals surface area contributed by atoms with Crippen LogP contribution in [0, 0.1) is 16.7 Å². The van der Waals surface area contributed by atoms with Crippen molar-refractivity contribution in [3.63, 3.8) is 0 Å². The van der Waals surface area contributed by atoms with Gasteiger partial charge in [0, 0.05) is 25.7 Å². The number of amides is 2. The van der Waals surface area contributed by atoms with Crippen molar-refractivity contribution in [1.82, 2.24) is 14.9 Å². The Hall–Kier alpha value is -3.74. The first-order chi connectivity index (χ1) is 18.5. The summed E-state index contributed by atoms with van der Waals surface area (Å²) in [5.41, 5.74) is 16.2. The van der Waals surface area contributed by atoms with Crippen LogP contribution >= 0.6 is 0 Å². The number of benzene rings is 2. The van der Waals surface area contributed by atoms with Crippen LogP contribution in [-0.4, -0.2) is 62.8 Å². The van der Waals surface area contributed by atoms with Crippen LogP contribution in [0.3, 0.4) is 0 Å². The van der Waals surface area contributed by atoms with Gasteiger partial charge in [-0.3, -0.25) is 15.0 Å². The summed E-state index contributed by atoms with van der Waals surface area (Å²) in [4.78, 5) is 27.9. The largest absolute Gasteiger partial charge is 0.370 e. The summed E-state index contributed by atoms with van der Waals surface area (Å²) in [5, 5.41) is 12.1. The Bertz CT molecular complexity index is 1420. The highest BCUT2D eigenvalue weighted by Gasteiger charge is 2.44. The smallest absolute Gasteiger partial charge is 0.241 e. The Balaban J connectivity index is 1.59. The van der Waals surface area contributed by atoms with E-state index in [-0.39, 0.29) is 29.7 Å². The molecule has 2 aliphatic rings. The minimum Gasteiger partial charge on any atom is -0.370 e. The van der Waals surface area contributed by atoms with Crippen molar-refractivity contribution in [2.75, 3.05) is 19.6 Å². The van der Waals surface area contributed by atoms with Crippen molar-refractivity contribution >= 4 is 38.6 Å². The molecule has 12 heteroatoms. The van der Waals surface area contributed by atoms with Crippen LogP contribution in [0.25, 0.3) is 10.8 Å². The van der Waals surface area contributed by atoms with Gasteiger partial charge in [-0.1, -0.05) is 54.6 Å². The van der Waals surface area contributed by atoms with Gasteiger partial charge >= 0.3 is 0 Å². The van der Waals surface area contributed by atoms with E-state index in [9.17, 15) is 18.0 Å². The van der Waals surface area contributed by atoms with Crippen molar-refractivity contribution in [1.29, 1.82) is 5.41 Å². The average molecular weight is 554 g/mol. The van der Waals surface area contributed by atoms with Crippen molar-refractivity contribution < 1.29 is 18.0 Å². The van der Waals surface area contributed by atoms with Crippen LogP contribution in [0.2, 0.25) is 0 Å². The maximum atomic E-state index is 13.5. The highest BCUT2D eigenvalue weighted by atomic mass is 32.2. The van der Waals surface area contributed by atoms with E-state index in [1.807, 2.05) is 18.2 Å². The molecule has 11 nitrogen and oxygen atoms in total. The quantitative estimate of drug-likeness (QED) is 0.192. The Kier molecular flexibility index (Phi) is 8.38. The van der Waals surface area contributed by atoms with Gasteiger partial charge in [0.2, 0.25) is 21.8 Å². The van der Waals surface area contributed by atoms with Crippen LogP contribution in [0.1, 0.15) is 19.3 Å². The van der Waals surface area contributed by atoms with Gasteiger partial charge in [-0.05, 0) is 48.1 Å². The molecule has 0 saturated carbocycles. The molecule has 208 valence electrons. The molecule has 2 aromatic rings. The SMILES string of the molecule is N=C(N)N1CCC[C@@H](CNC(=O)C(C[C@]2(C(N)=O)C=CC=CC2N)NS(=O)(=O)c2ccc3ccccc3c2)C1. The van der Waals surface area contributed by atoms with Gasteiger partial charge in [-0.2, -0.15) is 4.72 Å². The number of allylic oxidation sites excluding steroid dienone is 2. The molecule has 1 saturated heterocycles. The number of nitrogens with two attached hydrogens (primary N) is 3. The normalized spacial score (nSPS) is 23.9. The number of guanidine groups is 1. The molecule has 0 spiro atoms. The number of hydrogen-bond acceptors (Lipinski definition) is 6. The zero-order valence-electron chi connectivity index (χ0n) is 21.5. The van der Waals surface area contributed by atoms with Crippen LogP contribution in [0.15, 0.2) is 71.7 Å². The molecule has 1 aliphatic carbocycles. The van der Waals surface area contributed by atoms with Gasteiger partial charge in [-0.15, -0.1) is 0 Å². The molecule has 0 aromatic heterocycles. The number of hydrogen-bond donors (Lipinski definition) is 6. The maximum Gasteiger partial charge on any atom is 0.241 e. The fraction of sp³-hybridized carbons (Fsp3) is 0.370. The van der Waals surface area contributed by atoms with Crippen LogP contribution in [-0.2, 0) is 19.6 Å². The summed E-state index contributed by atoms with van der Waals surface area (Å²) in [6.45, 7) is 1.43. The van der Waals surface area contributed by atoms with Crippen molar-refractivity contribution in [3.8, 4) is 0 Å². The average Bonchev–Trinajstić information content (AvgIpc) is 2.92. The summed E-state index contributed by atoms with van der Waals surface area (Å²) < 4.78 is 29.5. The number of rotatable bonds is 9. The highest BCUT2D eigenvalue weighted by molar-refractivity contribution is 7.89.